The fourth-order valence-electron chi connectivity index (χ4n) is 2.08. The molecule has 0 bridgehead atoms. The first-order chi connectivity index (χ1) is 11.2. The van der Waals surface area contributed by atoms with Crippen LogP contribution >= 0.6 is 0 Å². The molecule has 1 amide bonds. The van der Waals surface area contributed by atoms with Crippen LogP contribution in [0.25, 0.3) is 0 Å². The van der Waals surface area contributed by atoms with Crippen LogP contribution in [0.2, 0.25) is 0 Å². The SMILES string of the molecule is COCCNC(=O)c1ccc(N(C)CCc2ccncc2)nc1. The van der Waals surface area contributed by atoms with E-state index in [1.165, 1.54) is 5.56 Å². The fraction of sp³-hybridized carbons (Fsp3) is 0.353. The van der Waals surface area contributed by atoms with Crippen molar-refractivity contribution in [3.05, 3.63) is 54.0 Å². The number of hydrogen-bond acceptors (Lipinski definition) is 5. The lowest BCUT2D eigenvalue weighted by molar-refractivity contribution is 0.0937. The summed E-state index contributed by atoms with van der Waals surface area (Å²) in [6.45, 7) is 1.83. The molecule has 6 heteroatoms. The van der Waals surface area contributed by atoms with Crippen LogP contribution in [0.4, 0.5) is 5.82 Å². The molecule has 2 aromatic heterocycles. The van der Waals surface area contributed by atoms with Gasteiger partial charge in [-0.25, -0.2) is 4.98 Å². The first kappa shape index (κ1) is 16.9. The van der Waals surface area contributed by atoms with Gasteiger partial charge >= 0.3 is 0 Å². The number of pyridine rings is 2. The Hall–Kier alpha value is -2.47. The highest BCUT2D eigenvalue weighted by atomic mass is 16.5. The molecule has 0 spiro atoms. The van der Waals surface area contributed by atoms with Gasteiger partial charge in [0.25, 0.3) is 5.91 Å². The van der Waals surface area contributed by atoms with Gasteiger partial charge in [-0.3, -0.25) is 9.78 Å². The summed E-state index contributed by atoms with van der Waals surface area (Å²) in [5.74, 6) is 0.702. The molecule has 23 heavy (non-hydrogen) atoms. The number of amides is 1. The Morgan fingerprint density at radius 2 is 2.04 bits per heavy atom. The minimum atomic E-state index is -0.138. The third-order valence-electron chi connectivity index (χ3n) is 3.48. The highest BCUT2D eigenvalue weighted by molar-refractivity contribution is 5.94. The van der Waals surface area contributed by atoms with Gasteiger partial charge in [0.2, 0.25) is 0 Å². The lowest BCUT2D eigenvalue weighted by atomic mass is 10.2. The molecule has 0 fully saturated rings. The minimum Gasteiger partial charge on any atom is -0.383 e. The topological polar surface area (TPSA) is 67.3 Å². The van der Waals surface area contributed by atoms with Gasteiger partial charge in [0.05, 0.1) is 12.2 Å². The predicted octanol–water partition coefficient (Wildman–Crippen LogP) is 1.53. The van der Waals surface area contributed by atoms with Crippen molar-refractivity contribution in [1.82, 2.24) is 15.3 Å². The van der Waals surface area contributed by atoms with Gasteiger partial charge in [0.1, 0.15) is 5.82 Å². The summed E-state index contributed by atoms with van der Waals surface area (Å²) >= 11 is 0. The highest BCUT2D eigenvalue weighted by Crippen LogP contribution is 2.10. The summed E-state index contributed by atoms with van der Waals surface area (Å²) in [6, 6.07) is 7.66. The first-order valence-corrected chi connectivity index (χ1v) is 7.54. The molecule has 6 nitrogen and oxygen atoms in total. The first-order valence-electron chi connectivity index (χ1n) is 7.54. The van der Waals surface area contributed by atoms with Crippen molar-refractivity contribution in [2.45, 2.75) is 6.42 Å². The molecule has 0 aliphatic rings. The number of likely N-dealkylation sites (N-methyl/N-ethyl adjacent to an activating group) is 1. The zero-order valence-corrected chi connectivity index (χ0v) is 13.5. The number of nitrogens with one attached hydrogen (secondary N) is 1. The predicted molar refractivity (Wildman–Crippen MR) is 89.7 cm³/mol. The summed E-state index contributed by atoms with van der Waals surface area (Å²) in [4.78, 5) is 22.3. The Kier molecular flexibility index (Phi) is 6.50. The van der Waals surface area contributed by atoms with Crippen molar-refractivity contribution in [3.63, 3.8) is 0 Å². The van der Waals surface area contributed by atoms with E-state index < -0.39 is 0 Å². The average Bonchev–Trinajstić information content (AvgIpc) is 2.61. The summed E-state index contributed by atoms with van der Waals surface area (Å²) < 4.78 is 4.90. The van der Waals surface area contributed by atoms with E-state index in [1.54, 1.807) is 31.8 Å². The summed E-state index contributed by atoms with van der Waals surface area (Å²) in [5, 5.41) is 2.77. The Balaban J connectivity index is 1.87. The second kappa shape index (κ2) is 8.85. The van der Waals surface area contributed by atoms with Crippen LogP contribution < -0.4 is 10.2 Å². The molecule has 0 saturated heterocycles. The van der Waals surface area contributed by atoms with E-state index in [2.05, 4.69) is 20.2 Å². The minimum absolute atomic E-state index is 0.138. The molecular weight excluding hydrogens is 292 g/mol. The van der Waals surface area contributed by atoms with Crippen LogP contribution in [0.15, 0.2) is 42.9 Å². The number of aromatic nitrogens is 2. The molecule has 122 valence electrons. The van der Waals surface area contributed by atoms with Crippen LogP contribution in [0.1, 0.15) is 15.9 Å². The quantitative estimate of drug-likeness (QED) is 0.749. The van der Waals surface area contributed by atoms with Crippen LogP contribution in [0, 0.1) is 0 Å². The third kappa shape index (κ3) is 5.34. The number of anilines is 1. The molecule has 0 saturated carbocycles. The van der Waals surface area contributed by atoms with Gasteiger partial charge < -0.3 is 15.0 Å². The van der Waals surface area contributed by atoms with E-state index in [1.807, 2.05) is 25.2 Å². The second-order valence-corrected chi connectivity index (χ2v) is 5.18. The van der Waals surface area contributed by atoms with Crippen molar-refractivity contribution in [2.75, 3.05) is 38.8 Å². The second-order valence-electron chi connectivity index (χ2n) is 5.18. The van der Waals surface area contributed by atoms with Gasteiger partial charge in [-0.15, -0.1) is 0 Å². The van der Waals surface area contributed by atoms with Crippen molar-refractivity contribution < 1.29 is 9.53 Å². The maximum atomic E-state index is 11.9. The maximum absolute atomic E-state index is 11.9. The molecule has 0 aromatic carbocycles. The van der Waals surface area contributed by atoms with Crippen LogP contribution in [-0.2, 0) is 11.2 Å². The lowest BCUT2D eigenvalue weighted by Gasteiger charge is -2.18. The molecule has 2 heterocycles. The number of methoxy groups -OCH3 is 1. The lowest BCUT2D eigenvalue weighted by Crippen LogP contribution is -2.27. The molecule has 2 rings (SSSR count). The maximum Gasteiger partial charge on any atom is 0.252 e. The van der Waals surface area contributed by atoms with Crippen molar-refractivity contribution in [3.8, 4) is 0 Å². The normalized spacial score (nSPS) is 10.3. The number of nitrogens with zero attached hydrogens (tertiary/aromatic N) is 3. The Morgan fingerprint density at radius 3 is 2.70 bits per heavy atom. The Labute approximate surface area is 136 Å². The van der Waals surface area contributed by atoms with E-state index in [-0.39, 0.29) is 5.91 Å². The number of carbonyl (C=O) groups excluding carboxylic acids is 1. The van der Waals surface area contributed by atoms with Crippen LogP contribution in [0.3, 0.4) is 0 Å². The van der Waals surface area contributed by atoms with E-state index in [0.29, 0.717) is 18.7 Å². The summed E-state index contributed by atoms with van der Waals surface area (Å²) in [5.41, 5.74) is 1.79. The molecule has 0 aliphatic heterocycles. The molecule has 1 N–H and O–H groups in total. The van der Waals surface area contributed by atoms with Gasteiger partial charge in [-0.05, 0) is 36.2 Å². The monoisotopic (exact) mass is 314 g/mol. The smallest absolute Gasteiger partial charge is 0.252 e. The summed E-state index contributed by atoms with van der Waals surface area (Å²) in [7, 11) is 3.59. The van der Waals surface area contributed by atoms with E-state index in [4.69, 9.17) is 4.74 Å². The average molecular weight is 314 g/mol. The zero-order valence-electron chi connectivity index (χ0n) is 13.5. The van der Waals surface area contributed by atoms with Crippen molar-refractivity contribution in [2.24, 2.45) is 0 Å². The molecule has 2 aromatic rings. The van der Waals surface area contributed by atoms with E-state index in [0.717, 1.165) is 18.8 Å². The highest BCUT2D eigenvalue weighted by Gasteiger charge is 2.07. The summed E-state index contributed by atoms with van der Waals surface area (Å²) in [6.07, 6.45) is 6.11. The molecule has 0 unspecified atom stereocenters. The largest absolute Gasteiger partial charge is 0.383 e. The number of rotatable bonds is 8. The number of ether oxygens (including phenoxy) is 1. The fourth-order valence-corrected chi connectivity index (χ4v) is 2.08. The van der Waals surface area contributed by atoms with E-state index >= 15 is 0 Å². The zero-order chi connectivity index (χ0) is 16.5. The van der Waals surface area contributed by atoms with Crippen LogP contribution in [0.5, 0.6) is 0 Å². The molecule has 0 atom stereocenters. The van der Waals surface area contributed by atoms with Gasteiger partial charge in [0.15, 0.2) is 0 Å². The van der Waals surface area contributed by atoms with Crippen LogP contribution in [-0.4, -0.2) is 49.7 Å². The van der Waals surface area contributed by atoms with E-state index in [9.17, 15) is 4.79 Å². The van der Waals surface area contributed by atoms with Gasteiger partial charge in [0, 0.05) is 45.8 Å². The van der Waals surface area contributed by atoms with Crippen molar-refractivity contribution in [1.29, 1.82) is 0 Å². The Morgan fingerprint density at radius 1 is 1.26 bits per heavy atom. The number of hydrogen-bond donors (Lipinski definition) is 1. The Bertz CT molecular complexity index is 602. The molecular formula is C17H22N4O2. The third-order valence-corrected chi connectivity index (χ3v) is 3.48. The standard InChI is InChI=1S/C17H22N4O2/c1-21(11-7-14-5-8-18-9-6-14)16-4-3-15(13-20-16)17(22)19-10-12-23-2/h3-6,8-9,13H,7,10-12H2,1-2H3,(H,19,22). The number of carbonyl (C=O) groups is 1. The van der Waals surface area contributed by atoms with Gasteiger partial charge in [-0.1, -0.05) is 0 Å². The van der Waals surface area contributed by atoms with Crippen molar-refractivity contribution >= 4 is 11.7 Å². The molecule has 0 radical (unpaired) electrons. The molecule has 0 aliphatic carbocycles. The van der Waals surface area contributed by atoms with Gasteiger partial charge in [-0.2, -0.15) is 0 Å².